The predicted octanol–water partition coefficient (Wildman–Crippen LogP) is 8.64. The number of halogens is 1. The summed E-state index contributed by atoms with van der Waals surface area (Å²) in [6.45, 7) is 15.2. The predicted molar refractivity (Wildman–Crippen MR) is 158 cm³/mol. The van der Waals surface area contributed by atoms with Gasteiger partial charge in [0.1, 0.15) is 0 Å². The molecule has 0 aromatic heterocycles. The van der Waals surface area contributed by atoms with Gasteiger partial charge in [-0.25, -0.2) is 0 Å². The highest BCUT2D eigenvalue weighted by Crippen LogP contribution is 2.19. The van der Waals surface area contributed by atoms with Crippen LogP contribution in [0, 0.1) is 0 Å². The van der Waals surface area contributed by atoms with Crippen LogP contribution in [0.1, 0.15) is 188 Å². The molecule has 0 N–H and O–H groups in total. The highest BCUT2D eigenvalue weighted by molar-refractivity contribution is 4.54. The van der Waals surface area contributed by atoms with E-state index in [0.29, 0.717) is 0 Å². The summed E-state index contributed by atoms with van der Waals surface area (Å²) in [5.41, 5.74) is 0. The minimum absolute atomic E-state index is 0. The SMILES string of the molecule is CCCCCCCCCCCCCCCCCC[N+](CCCCC)(CCCCC)CCCCC.[Br-]. The molecule has 0 fully saturated rings. The average molecular weight is 561 g/mol. The van der Waals surface area contributed by atoms with Gasteiger partial charge in [0, 0.05) is 0 Å². The Bertz CT molecular complexity index is 344. The fourth-order valence-electron chi connectivity index (χ4n) is 5.76. The highest BCUT2D eigenvalue weighted by Gasteiger charge is 2.25. The van der Waals surface area contributed by atoms with Gasteiger partial charge in [-0.3, -0.25) is 0 Å². The van der Waals surface area contributed by atoms with E-state index in [-0.39, 0.29) is 17.0 Å². The zero-order valence-electron chi connectivity index (χ0n) is 25.3. The summed E-state index contributed by atoms with van der Waals surface area (Å²) in [6.07, 6.45) is 36.3. The van der Waals surface area contributed by atoms with Gasteiger partial charge in [0.25, 0.3) is 0 Å². The van der Waals surface area contributed by atoms with Crippen LogP contribution in [0.3, 0.4) is 0 Å². The molecule has 0 aromatic carbocycles. The zero-order chi connectivity index (χ0) is 25.0. The average Bonchev–Trinajstić information content (AvgIpc) is 2.84. The van der Waals surface area contributed by atoms with E-state index < -0.39 is 0 Å². The van der Waals surface area contributed by atoms with Crippen LogP contribution in [0.15, 0.2) is 0 Å². The van der Waals surface area contributed by atoms with Crippen LogP contribution in [0.2, 0.25) is 0 Å². The van der Waals surface area contributed by atoms with Crippen molar-refractivity contribution in [3.63, 3.8) is 0 Å². The summed E-state index contributed by atoms with van der Waals surface area (Å²) < 4.78 is 1.46. The van der Waals surface area contributed by atoms with Crippen molar-refractivity contribution in [1.82, 2.24) is 0 Å². The minimum atomic E-state index is 0. The first-order chi connectivity index (χ1) is 16.7. The molecule has 0 bridgehead atoms. The van der Waals surface area contributed by atoms with Crippen molar-refractivity contribution in [2.75, 3.05) is 26.2 Å². The Balaban J connectivity index is 0. The molecule has 0 rings (SSSR count). The van der Waals surface area contributed by atoms with E-state index in [0.717, 1.165) is 0 Å². The monoisotopic (exact) mass is 559 g/mol. The number of unbranched alkanes of at least 4 members (excludes halogenated alkanes) is 21. The lowest BCUT2D eigenvalue weighted by atomic mass is 10.0. The van der Waals surface area contributed by atoms with Gasteiger partial charge in [-0.05, 0) is 51.4 Å². The van der Waals surface area contributed by atoms with Gasteiger partial charge < -0.3 is 21.5 Å². The van der Waals surface area contributed by atoms with Gasteiger partial charge in [0.2, 0.25) is 0 Å². The summed E-state index contributed by atoms with van der Waals surface area (Å²) in [7, 11) is 0. The van der Waals surface area contributed by atoms with Gasteiger partial charge in [-0.15, -0.1) is 0 Å². The van der Waals surface area contributed by atoms with Crippen molar-refractivity contribution in [3.05, 3.63) is 0 Å². The molecule has 0 spiro atoms. The van der Waals surface area contributed by atoms with Gasteiger partial charge in [-0.2, -0.15) is 0 Å². The largest absolute Gasteiger partial charge is 1.00 e. The minimum Gasteiger partial charge on any atom is -1.00 e. The third-order valence-electron chi connectivity index (χ3n) is 8.19. The standard InChI is InChI=1S/C33H70N.BrH/c1-5-9-13-14-15-16-17-18-19-20-21-22-23-24-25-29-33-34(30-26-10-6-2,31-27-11-7-3)32-28-12-8-4;/h5-33H2,1-4H3;1H/q+1;/p-1. The van der Waals surface area contributed by atoms with Gasteiger partial charge in [0.05, 0.1) is 26.2 Å². The molecule has 0 aliphatic rings. The molecule has 0 amide bonds. The van der Waals surface area contributed by atoms with Crippen LogP contribution in [-0.2, 0) is 0 Å². The molecular formula is C33H70BrN. The molecule has 0 aromatic rings. The molecule has 0 atom stereocenters. The number of rotatable bonds is 29. The first kappa shape index (κ1) is 37.6. The van der Waals surface area contributed by atoms with E-state index in [2.05, 4.69) is 27.7 Å². The second kappa shape index (κ2) is 30.7. The van der Waals surface area contributed by atoms with Crippen molar-refractivity contribution in [2.45, 2.75) is 188 Å². The Morgan fingerprint density at radius 1 is 0.257 bits per heavy atom. The fourth-order valence-corrected chi connectivity index (χ4v) is 5.76. The molecule has 0 radical (unpaired) electrons. The first-order valence-corrected chi connectivity index (χ1v) is 16.6. The molecule has 35 heavy (non-hydrogen) atoms. The molecule has 214 valence electrons. The fraction of sp³-hybridized carbons (Fsp3) is 1.00. The number of hydrogen-bond acceptors (Lipinski definition) is 0. The van der Waals surface area contributed by atoms with Gasteiger partial charge >= 0.3 is 0 Å². The number of nitrogens with zero attached hydrogens (tertiary/aromatic N) is 1. The quantitative estimate of drug-likeness (QED) is 0.0634. The number of quaternary nitrogens is 1. The topological polar surface area (TPSA) is 0 Å². The van der Waals surface area contributed by atoms with E-state index in [1.165, 1.54) is 191 Å². The van der Waals surface area contributed by atoms with E-state index in [9.17, 15) is 0 Å². The van der Waals surface area contributed by atoms with Crippen molar-refractivity contribution in [2.24, 2.45) is 0 Å². The third-order valence-corrected chi connectivity index (χ3v) is 8.19. The maximum atomic E-state index is 2.36. The summed E-state index contributed by atoms with van der Waals surface area (Å²) in [4.78, 5) is 0. The molecular weight excluding hydrogens is 490 g/mol. The van der Waals surface area contributed by atoms with Crippen LogP contribution < -0.4 is 17.0 Å². The maximum Gasteiger partial charge on any atom is 0.0786 e. The summed E-state index contributed by atoms with van der Waals surface area (Å²) in [6, 6.07) is 0. The second-order valence-corrected chi connectivity index (χ2v) is 11.7. The third kappa shape index (κ3) is 25.9. The molecule has 0 saturated carbocycles. The Morgan fingerprint density at radius 2 is 0.429 bits per heavy atom. The van der Waals surface area contributed by atoms with Crippen molar-refractivity contribution in [1.29, 1.82) is 0 Å². The lowest BCUT2D eigenvalue weighted by molar-refractivity contribution is -0.929. The van der Waals surface area contributed by atoms with Crippen molar-refractivity contribution < 1.29 is 21.5 Å². The van der Waals surface area contributed by atoms with Crippen LogP contribution in [0.4, 0.5) is 0 Å². The molecule has 2 heteroatoms. The van der Waals surface area contributed by atoms with Crippen LogP contribution in [0.25, 0.3) is 0 Å². The summed E-state index contributed by atoms with van der Waals surface area (Å²) in [5, 5.41) is 0. The molecule has 0 heterocycles. The Hall–Kier alpha value is 0.440. The first-order valence-electron chi connectivity index (χ1n) is 16.6. The van der Waals surface area contributed by atoms with E-state index in [1.54, 1.807) is 0 Å². The van der Waals surface area contributed by atoms with E-state index in [4.69, 9.17) is 0 Å². The van der Waals surface area contributed by atoms with Gasteiger partial charge in [-0.1, -0.05) is 137 Å². The van der Waals surface area contributed by atoms with E-state index in [1.807, 2.05) is 0 Å². The lowest BCUT2D eigenvalue weighted by Crippen LogP contribution is -3.00. The van der Waals surface area contributed by atoms with Gasteiger partial charge in [0.15, 0.2) is 0 Å². The maximum absolute atomic E-state index is 2.36. The smallest absolute Gasteiger partial charge is 0.0786 e. The van der Waals surface area contributed by atoms with Crippen LogP contribution in [-0.4, -0.2) is 30.7 Å². The van der Waals surface area contributed by atoms with E-state index >= 15 is 0 Å². The molecule has 0 unspecified atom stereocenters. The van der Waals surface area contributed by atoms with Crippen LogP contribution >= 0.6 is 0 Å². The molecule has 0 aliphatic carbocycles. The normalized spacial score (nSPS) is 11.7. The Labute approximate surface area is 235 Å². The Morgan fingerprint density at radius 3 is 0.686 bits per heavy atom. The summed E-state index contributed by atoms with van der Waals surface area (Å²) in [5.74, 6) is 0. The summed E-state index contributed by atoms with van der Waals surface area (Å²) >= 11 is 0. The second-order valence-electron chi connectivity index (χ2n) is 11.7. The molecule has 1 nitrogen and oxygen atoms in total. The Kier molecular flexibility index (Phi) is 32.9. The lowest BCUT2D eigenvalue weighted by Gasteiger charge is -2.39. The van der Waals surface area contributed by atoms with Crippen molar-refractivity contribution in [3.8, 4) is 0 Å². The highest BCUT2D eigenvalue weighted by atomic mass is 79.9. The van der Waals surface area contributed by atoms with Crippen LogP contribution in [0.5, 0.6) is 0 Å². The zero-order valence-corrected chi connectivity index (χ0v) is 26.9. The number of hydrogen-bond donors (Lipinski definition) is 0. The molecule has 0 aliphatic heterocycles. The van der Waals surface area contributed by atoms with Crippen molar-refractivity contribution >= 4 is 0 Å². The molecule has 0 saturated heterocycles.